The van der Waals surface area contributed by atoms with E-state index < -0.39 is 6.10 Å². The molecule has 1 atom stereocenters. The second kappa shape index (κ2) is 60.6. The number of ether oxygens (including phenoxy) is 3. The van der Waals surface area contributed by atoms with Crippen LogP contribution < -0.4 is 0 Å². The Morgan fingerprint density at radius 1 is 0.288 bits per heavy atom. The number of hydrogen-bond acceptors (Lipinski definition) is 6. The Balaban J connectivity index is 4.26. The highest BCUT2D eigenvalue weighted by Crippen LogP contribution is 2.15. The van der Waals surface area contributed by atoms with Gasteiger partial charge in [-0.2, -0.15) is 0 Å². The van der Waals surface area contributed by atoms with Crippen molar-refractivity contribution in [3.63, 3.8) is 0 Å². The highest BCUT2D eigenvalue weighted by atomic mass is 16.6. The number of hydrogen-bond donors (Lipinski definition) is 0. The SMILES string of the molecule is CC/C=C\C/C=C\C/C=C\C/C=C\C/C=C\C/C=C\CCCCCCCCCCCCC(=O)OCC(COC(=O)CCCCCCCCCCCCC)OC(=O)CCCCCCC/C=C\C/C=C\C/C=C\CC. The third-order valence-electron chi connectivity index (χ3n) is 12.8. The Morgan fingerprint density at radius 3 is 0.836 bits per heavy atom. The average molecular weight is 1010 g/mol. The molecular weight excluding hydrogens is 901 g/mol. The molecule has 0 fully saturated rings. The van der Waals surface area contributed by atoms with Gasteiger partial charge in [-0.15, -0.1) is 0 Å². The fourth-order valence-corrected chi connectivity index (χ4v) is 8.28. The summed E-state index contributed by atoms with van der Waals surface area (Å²) in [6.07, 6.45) is 82.3. The molecule has 0 heterocycles. The minimum absolute atomic E-state index is 0.0847. The number of carbonyl (C=O) groups is 3. The van der Waals surface area contributed by atoms with E-state index in [9.17, 15) is 14.4 Å². The lowest BCUT2D eigenvalue weighted by atomic mass is 10.1. The maximum absolute atomic E-state index is 12.8. The van der Waals surface area contributed by atoms with Crippen LogP contribution in [0.4, 0.5) is 0 Å². The highest BCUT2D eigenvalue weighted by molar-refractivity contribution is 5.71. The molecule has 0 radical (unpaired) electrons. The Kier molecular flexibility index (Phi) is 57.4. The lowest BCUT2D eigenvalue weighted by molar-refractivity contribution is -0.167. The molecule has 0 amide bonds. The first-order valence-electron chi connectivity index (χ1n) is 30.4. The molecule has 0 rings (SSSR count). The summed E-state index contributed by atoms with van der Waals surface area (Å²) < 4.78 is 16.9. The van der Waals surface area contributed by atoms with Crippen molar-refractivity contribution < 1.29 is 28.6 Å². The van der Waals surface area contributed by atoms with Crippen molar-refractivity contribution in [3.8, 4) is 0 Å². The third-order valence-corrected chi connectivity index (χ3v) is 12.8. The lowest BCUT2D eigenvalue weighted by Gasteiger charge is -2.18. The van der Waals surface area contributed by atoms with E-state index in [2.05, 4.69) is 130 Å². The van der Waals surface area contributed by atoms with Crippen molar-refractivity contribution in [3.05, 3.63) is 109 Å². The van der Waals surface area contributed by atoms with Crippen LogP contribution in [0, 0.1) is 0 Å². The van der Waals surface area contributed by atoms with Gasteiger partial charge >= 0.3 is 17.9 Å². The van der Waals surface area contributed by atoms with E-state index in [0.29, 0.717) is 19.3 Å². The molecule has 0 aromatic heterocycles. The monoisotopic (exact) mass is 1010 g/mol. The molecule has 1 unspecified atom stereocenters. The number of rotatable bonds is 54. The van der Waals surface area contributed by atoms with Crippen molar-refractivity contribution in [2.75, 3.05) is 13.2 Å². The number of carbonyl (C=O) groups excluding carboxylic acids is 3. The summed E-state index contributed by atoms with van der Waals surface area (Å²) in [7, 11) is 0. The van der Waals surface area contributed by atoms with E-state index in [1.54, 1.807) is 0 Å². The Labute approximate surface area is 450 Å². The van der Waals surface area contributed by atoms with Gasteiger partial charge in [0.2, 0.25) is 0 Å². The minimum Gasteiger partial charge on any atom is -0.462 e. The summed E-state index contributed by atoms with van der Waals surface area (Å²) in [6, 6.07) is 0. The van der Waals surface area contributed by atoms with E-state index in [0.717, 1.165) is 135 Å². The molecule has 0 spiro atoms. The standard InChI is InChI=1S/C67H112O6/c1-4-7-10-13-16-19-22-24-26-27-28-29-30-31-32-33-34-35-36-37-38-39-41-42-45-48-51-54-57-60-66(69)72-63-64(62-71-65(68)59-56-53-50-47-44-21-18-15-12-9-6-3)73-67(70)61-58-55-52-49-46-43-40-25-23-20-17-14-11-8-5-2/h7-8,10-11,16-17,19-20,24-26,28-29,31-32,34-35,40,64H,4-6,9,12-15,18,21-23,27,30,33,36-39,41-63H2,1-3H3/b10-7-,11-8-,19-16-,20-17-,26-24-,29-28-,32-31-,35-34-,40-25-. The van der Waals surface area contributed by atoms with Crippen LogP contribution in [0.3, 0.4) is 0 Å². The molecule has 0 aromatic rings. The Morgan fingerprint density at radius 2 is 0.534 bits per heavy atom. The summed E-state index contributed by atoms with van der Waals surface area (Å²) in [5, 5.41) is 0. The average Bonchev–Trinajstić information content (AvgIpc) is 3.39. The predicted octanol–water partition coefficient (Wildman–Crippen LogP) is 20.7. The molecule has 0 aliphatic rings. The van der Waals surface area contributed by atoms with Crippen LogP contribution >= 0.6 is 0 Å². The van der Waals surface area contributed by atoms with Crippen molar-refractivity contribution in [2.24, 2.45) is 0 Å². The molecule has 0 saturated heterocycles. The van der Waals surface area contributed by atoms with Crippen LogP contribution in [0.15, 0.2) is 109 Å². The van der Waals surface area contributed by atoms with E-state index in [1.807, 2.05) is 0 Å². The van der Waals surface area contributed by atoms with E-state index >= 15 is 0 Å². The quantitative estimate of drug-likeness (QED) is 0.0261. The number of esters is 3. The Bertz CT molecular complexity index is 1490. The second-order valence-corrected chi connectivity index (χ2v) is 19.9. The zero-order valence-electron chi connectivity index (χ0n) is 47.6. The van der Waals surface area contributed by atoms with Gasteiger partial charge in [-0.1, -0.05) is 265 Å². The van der Waals surface area contributed by atoms with Crippen LogP contribution in [0.1, 0.15) is 278 Å². The summed E-state index contributed by atoms with van der Waals surface area (Å²) >= 11 is 0. The molecule has 0 aliphatic carbocycles. The summed E-state index contributed by atoms with van der Waals surface area (Å²) in [5.41, 5.74) is 0. The van der Waals surface area contributed by atoms with Crippen LogP contribution in [-0.4, -0.2) is 37.2 Å². The molecule has 0 N–H and O–H groups in total. The minimum atomic E-state index is -0.788. The predicted molar refractivity (Wildman–Crippen MR) is 316 cm³/mol. The number of unbranched alkanes of at least 4 members (excludes halogenated alkanes) is 25. The molecule has 6 heteroatoms. The highest BCUT2D eigenvalue weighted by Gasteiger charge is 2.19. The van der Waals surface area contributed by atoms with E-state index in [4.69, 9.17) is 14.2 Å². The first-order chi connectivity index (χ1) is 36.0. The first-order valence-corrected chi connectivity index (χ1v) is 30.4. The zero-order chi connectivity index (χ0) is 52.9. The molecular formula is C67H112O6. The molecule has 0 bridgehead atoms. The molecule has 416 valence electrons. The van der Waals surface area contributed by atoms with Gasteiger partial charge in [-0.25, -0.2) is 0 Å². The maximum atomic E-state index is 12.8. The van der Waals surface area contributed by atoms with E-state index in [1.165, 1.54) is 103 Å². The maximum Gasteiger partial charge on any atom is 0.306 e. The van der Waals surface area contributed by atoms with Crippen LogP contribution in [0.2, 0.25) is 0 Å². The first kappa shape index (κ1) is 69.1. The van der Waals surface area contributed by atoms with Crippen LogP contribution in [-0.2, 0) is 28.6 Å². The molecule has 0 aromatic carbocycles. The van der Waals surface area contributed by atoms with Gasteiger partial charge in [0.15, 0.2) is 6.10 Å². The summed E-state index contributed by atoms with van der Waals surface area (Å²) in [5.74, 6) is -0.903. The van der Waals surface area contributed by atoms with Crippen molar-refractivity contribution in [1.29, 1.82) is 0 Å². The molecule has 0 saturated carbocycles. The Hall–Kier alpha value is -3.93. The smallest absolute Gasteiger partial charge is 0.306 e. The normalized spacial score (nSPS) is 12.9. The van der Waals surface area contributed by atoms with Crippen molar-refractivity contribution in [1.82, 2.24) is 0 Å². The van der Waals surface area contributed by atoms with Crippen molar-refractivity contribution >= 4 is 17.9 Å². The van der Waals surface area contributed by atoms with E-state index in [-0.39, 0.29) is 31.1 Å². The van der Waals surface area contributed by atoms with Gasteiger partial charge < -0.3 is 14.2 Å². The van der Waals surface area contributed by atoms with Crippen LogP contribution in [0.25, 0.3) is 0 Å². The van der Waals surface area contributed by atoms with Gasteiger partial charge in [0.05, 0.1) is 0 Å². The topological polar surface area (TPSA) is 78.9 Å². The third kappa shape index (κ3) is 58.8. The lowest BCUT2D eigenvalue weighted by Crippen LogP contribution is -2.30. The fraction of sp³-hybridized carbons (Fsp3) is 0.687. The van der Waals surface area contributed by atoms with Crippen molar-refractivity contribution in [2.45, 2.75) is 284 Å². The van der Waals surface area contributed by atoms with Gasteiger partial charge in [0.25, 0.3) is 0 Å². The molecule has 0 aliphatic heterocycles. The van der Waals surface area contributed by atoms with Gasteiger partial charge in [0.1, 0.15) is 13.2 Å². The number of allylic oxidation sites excluding steroid dienone is 18. The van der Waals surface area contributed by atoms with Gasteiger partial charge in [-0.3, -0.25) is 14.4 Å². The summed E-state index contributed by atoms with van der Waals surface area (Å²) in [6.45, 7) is 6.40. The van der Waals surface area contributed by atoms with Crippen LogP contribution in [0.5, 0.6) is 0 Å². The van der Waals surface area contributed by atoms with Gasteiger partial charge in [0, 0.05) is 19.3 Å². The zero-order valence-corrected chi connectivity index (χ0v) is 47.6. The summed E-state index contributed by atoms with van der Waals surface area (Å²) in [4.78, 5) is 38.1. The molecule has 6 nitrogen and oxygen atoms in total. The van der Waals surface area contributed by atoms with Gasteiger partial charge in [-0.05, 0) is 103 Å². The molecule has 73 heavy (non-hydrogen) atoms. The second-order valence-electron chi connectivity index (χ2n) is 19.9. The fourth-order valence-electron chi connectivity index (χ4n) is 8.28. The largest absolute Gasteiger partial charge is 0.462 e.